The van der Waals surface area contributed by atoms with E-state index in [4.69, 9.17) is 21.1 Å². The van der Waals surface area contributed by atoms with Crippen molar-refractivity contribution in [3.63, 3.8) is 0 Å². The zero-order valence-corrected chi connectivity index (χ0v) is 13.1. The number of aliphatic hydroxyl groups excluding tert-OH is 1. The van der Waals surface area contributed by atoms with Gasteiger partial charge in [-0.05, 0) is 28.1 Å². The molecule has 0 saturated carbocycles. The number of hydrogen-bond acceptors (Lipinski definition) is 3. The summed E-state index contributed by atoms with van der Waals surface area (Å²) in [7, 11) is 0. The van der Waals surface area contributed by atoms with Crippen LogP contribution in [0.4, 0.5) is 4.39 Å². The number of aliphatic hydroxyl groups is 1. The summed E-state index contributed by atoms with van der Waals surface area (Å²) in [5.41, 5.74) is 0.537. The van der Waals surface area contributed by atoms with E-state index in [0.29, 0.717) is 34.7 Å². The van der Waals surface area contributed by atoms with Crippen LogP contribution in [0.25, 0.3) is 0 Å². The second-order valence-electron chi connectivity index (χ2n) is 4.54. The van der Waals surface area contributed by atoms with Crippen molar-refractivity contribution < 1.29 is 19.0 Å². The maximum atomic E-state index is 14.2. The van der Waals surface area contributed by atoms with Gasteiger partial charge in [-0.2, -0.15) is 0 Å². The minimum Gasteiger partial charge on any atom is -0.486 e. The van der Waals surface area contributed by atoms with Gasteiger partial charge in [-0.15, -0.1) is 0 Å². The predicted octanol–water partition coefficient (Wildman–Crippen LogP) is 4.09. The number of halogens is 3. The third kappa shape index (κ3) is 2.61. The first kappa shape index (κ1) is 14.6. The number of para-hydroxylation sites is 1. The Morgan fingerprint density at radius 1 is 1.14 bits per heavy atom. The Balaban J connectivity index is 2.07. The van der Waals surface area contributed by atoms with Gasteiger partial charge >= 0.3 is 0 Å². The number of benzene rings is 2. The van der Waals surface area contributed by atoms with Gasteiger partial charge < -0.3 is 14.6 Å². The molecule has 2 aromatic rings. The molecule has 0 saturated heterocycles. The molecule has 0 bridgehead atoms. The van der Waals surface area contributed by atoms with E-state index in [-0.39, 0.29) is 10.6 Å². The Morgan fingerprint density at radius 3 is 2.71 bits per heavy atom. The van der Waals surface area contributed by atoms with Crippen LogP contribution < -0.4 is 9.47 Å². The number of hydrogen-bond donors (Lipinski definition) is 1. The molecule has 110 valence electrons. The van der Waals surface area contributed by atoms with Crippen molar-refractivity contribution >= 4 is 27.5 Å². The molecule has 1 unspecified atom stereocenters. The van der Waals surface area contributed by atoms with Gasteiger partial charge in [0.15, 0.2) is 11.5 Å². The van der Waals surface area contributed by atoms with E-state index in [1.54, 1.807) is 24.3 Å². The molecule has 0 amide bonds. The van der Waals surface area contributed by atoms with Crippen molar-refractivity contribution in [1.29, 1.82) is 0 Å². The topological polar surface area (TPSA) is 38.7 Å². The molecule has 0 aliphatic carbocycles. The third-order valence-corrected chi connectivity index (χ3v) is 4.51. The maximum Gasteiger partial charge on any atom is 0.167 e. The first-order chi connectivity index (χ1) is 10.1. The van der Waals surface area contributed by atoms with Crippen LogP contribution in [0.3, 0.4) is 0 Å². The van der Waals surface area contributed by atoms with Gasteiger partial charge in [0.1, 0.15) is 25.1 Å². The molecule has 1 N–H and O–H groups in total. The Hall–Kier alpha value is -1.30. The first-order valence-electron chi connectivity index (χ1n) is 6.29. The molecule has 6 heteroatoms. The smallest absolute Gasteiger partial charge is 0.167 e. The Labute approximate surface area is 134 Å². The molecule has 1 atom stereocenters. The minimum atomic E-state index is -1.19. The average molecular weight is 374 g/mol. The number of rotatable bonds is 2. The normalized spacial score (nSPS) is 14.9. The molecule has 1 aliphatic rings. The van der Waals surface area contributed by atoms with E-state index in [2.05, 4.69) is 15.9 Å². The summed E-state index contributed by atoms with van der Waals surface area (Å²) in [6.07, 6.45) is -1.19. The maximum absolute atomic E-state index is 14.2. The van der Waals surface area contributed by atoms with Gasteiger partial charge in [-0.25, -0.2) is 4.39 Å². The van der Waals surface area contributed by atoms with E-state index in [9.17, 15) is 9.50 Å². The van der Waals surface area contributed by atoms with Crippen LogP contribution in [0.1, 0.15) is 17.2 Å². The molecule has 0 aromatic heterocycles. The second-order valence-corrected chi connectivity index (χ2v) is 5.77. The number of ether oxygens (including phenoxy) is 2. The van der Waals surface area contributed by atoms with Crippen LogP contribution in [0.2, 0.25) is 5.02 Å². The zero-order chi connectivity index (χ0) is 15.0. The Kier molecular flexibility index (Phi) is 4.06. The molecule has 3 rings (SSSR count). The lowest BCUT2D eigenvalue weighted by Crippen LogP contribution is -2.17. The lowest BCUT2D eigenvalue weighted by Gasteiger charge is -2.23. The summed E-state index contributed by atoms with van der Waals surface area (Å²) < 4.78 is 25.7. The summed E-state index contributed by atoms with van der Waals surface area (Å²) in [6.45, 7) is 0.839. The third-order valence-electron chi connectivity index (χ3n) is 3.25. The standard InChI is InChI=1S/C15H11BrClFO3/c16-10-5-4-8(13(18)12(10)17)14(19)9-2-1-3-11-15(9)21-7-6-20-11/h1-5,14,19H,6-7H2. The van der Waals surface area contributed by atoms with Crippen molar-refractivity contribution in [3.05, 3.63) is 56.8 Å². The molecule has 2 aromatic carbocycles. The second kappa shape index (κ2) is 5.83. The van der Waals surface area contributed by atoms with Crippen LogP contribution >= 0.6 is 27.5 Å². The van der Waals surface area contributed by atoms with Crippen LogP contribution in [0.15, 0.2) is 34.8 Å². The van der Waals surface area contributed by atoms with Crippen LogP contribution in [0.5, 0.6) is 11.5 Å². The molecule has 1 heterocycles. The predicted molar refractivity (Wildman–Crippen MR) is 80.6 cm³/mol. The quantitative estimate of drug-likeness (QED) is 0.806. The number of fused-ring (bicyclic) bond motifs is 1. The minimum absolute atomic E-state index is 0.0616. The van der Waals surface area contributed by atoms with Crippen LogP contribution in [-0.2, 0) is 0 Å². The van der Waals surface area contributed by atoms with Gasteiger partial charge in [0.2, 0.25) is 0 Å². The first-order valence-corrected chi connectivity index (χ1v) is 7.46. The fourth-order valence-corrected chi connectivity index (χ4v) is 2.71. The van der Waals surface area contributed by atoms with Gasteiger partial charge in [0, 0.05) is 15.6 Å². The van der Waals surface area contributed by atoms with E-state index in [1.165, 1.54) is 6.07 Å². The van der Waals surface area contributed by atoms with Crippen molar-refractivity contribution in [2.75, 3.05) is 13.2 Å². The zero-order valence-electron chi connectivity index (χ0n) is 10.8. The highest BCUT2D eigenvalue weighted by Crippen LogP contribution is 2.40. The molecule has 1 aliphatic heterocycles. The SMILES string of the molecule is OC(c1ccc(Br)c(Cl)c1F)c1cccc2c1OCCO2. The summed E-state index contributed by atoms with van der Waals surface area (Å²) in [5.74, 6) is 0.323. The summed E-state index contributed by atoms with van der Waals surface area (Å²) in [6, 6.07) is 8.23. The van der Waals surface area contributed by atoms with Gasteiger partial charge in [-0.1, -0.05) is 29.8 Å². The lowest BCUT2D eigenvalue weighted by molar-refractivity contribution is 0.157. The van der Waals surface area contributed by atoms with Gasteiger partial charge in [0.25, 0.3) is 0 Å². The van der Waals surface area contributed by atoms with E-state index >= 15 is 0 Å². The van der Waals surface area contributed by atoms with Gasteiger partial charge in [0.05, 0.1) is 5.02 Å². The highest BCUT2D eigenvalue weighted by Gasteiger charge is 2.25. The molecule has 0 radical (unpaired) electrons. The highest BCUT2D eigenvalue weighted by atomic mass is 79.9. The molecule has 21 heavy (non-hydrogen) atoms. The monoisotopic (exact) mass is 372 g/mol. The Bertz CT molecular complexity index is 693. The lowest BCUT2D eigenvalue weighted by atomic mass is 9.99. The van der Waals surface area contributed by atoms with Crippen LogP contribution in [0, 0.1) is 5.82 Å². The molecular weight excluding hydrogens is 363 g/mol. The van der Waals surface area contributed by atoms with Crippen molar-refractivity contribution in [1.82, 2.24) is 0 Å². The van der Waals surface area contributed by atoms with E-state index < -0.39 is 11.9 Å². The van der Waals surface area contributed by atoms with Crippen molar-refractivity contribution in [2.45, 2.75) is 6.10 Å². The molecule has 0 fully saturated rings. The summed E-state index contributed by atoms with van der Waals surface area (Å²) in [4.78, 5) is 0. The highest BCUT2D eigenvalue weighted by molar-refractivity contribution is 9.10. The summed E-state index contributed by atoms with van der Waals surface area (Å²) >= 11 is 9.02. The van der Waals surface area contributed by atoms with Crippen LogP contribution in [-0.4, -0.2) is 18.3 Å². The van der Waals surface area contributed by atoms with Crippen molar-refractivity contribution in [2.24, 2.45) is 0 Å². The van der Waals surface area contributed by atoms with E-state index in [1.807, 2.05) is 0 Å². The average Bonchev–Trinajstić information content (AvgIpc) is 2.51. The Morgan fingerprint density at radius 2 is 1.90 bits per heavy atom. The van der Waals surface area contributed by atoms with Crippen molar-refractivity contribution in [3.8, 4) is 11.5 Å². The molecular formula is C15H11BrClFO3. The molecule has 3 nitrogen and oxygen atoms in total. The van der Waals surface area contributed by atoms with Gasteiger partial charge in [-0.3, -0.25) is 0 Å². The van der Waals surface area contributed by atoms with E-state index in [0.717, 1.165) is 0 Å². The fraction of sp³-hybridized carbons (Fsp3) is 0.200. The fourth-order valence-electron chi connectivity index (χ4n) is 2.23. The molecule has 0 spiro atoms. The largest absolute Gasteiger partial charge is 0.486 e. The summed E-state index contributed by atoms with van der Waals surface area (Å²) in [5, 5.41) is 10.4.